The first kappa shape index (κ1) is 40.3. The van der Waals surface area contributed by atoms with Crippen molar-refractivity contribution in [2.75, 3.05) is 25.7 Å². The smallest absolute Gasteiger partial charge is 0.223 e. The molecule has 0 atom stereocenters. The number of rotatable bonds is 9. The summed E-state index contributed by atoms with van der Waals surface area (Å²) < 4.78 is 3.70. The molecule has 0 aromatic carbocycles. The van der Waals surface area contributed by atoms with Gasteiger partial charge in [0.15, 0.2) is 16.9 Å². The molecule has 0 radical (unpaired) electrons. The number of pyridine rings is 2. The predicted molar refractivity (Wildman–Crippen MR) is 218 cm³/mol. The van der Waals surface area contributed by atoms with Crippen LogP contribution >= 0.6 is 11.8 Å². The number of aliphatic imine (C=N–C) groups is 1. The number of fused-ring (bicyclic) bond motifs is 2. The van der Waals surface area contributed by atoms with Crippen molar-refractivity contribution < 1.29 is 4.79 Å². The number of hydrogen-bond donors (Lipinski definition) is 5. The van der Waals surface area contributed by atoms with Crippen LogP contribution in [0.25, 0.3) is 22.3 Å². The molecule has 53 heavy (non-hydrogen) atoms. The second-order valence-electron chi connectivity index (χ2n) is 13.6. The highest BCUT2D eigenvalue weighted by Gasteiger charge is 2.24. The molecule has 15 heteroatoms. The molecule has 5 heterocycles. The van der Waals surface area contributed by atoms with Crippen molar-refractivity contribution in [3.63, 3.8) is 0 Å². The minimum Gasteiger partial charge on any atom is -0.383 e. The SMILES string of the molecule is CC(C)c1nn2ccccc2c1-c1ccnc(NC2CC2)n1.CC(C)c1nn2ccccc2c1C(=O)C=CN(C)C.CSC(=N)N.NC(N)=NC1CC1. The van der Waals surface area contributed by atoms with Crippen LogP contribution in [-0.4, -0.2) is 83.4 Å². The molecule has 2 saturated carbocycles. The van der Waals surface area contributed by atoms with Gasteiger partial charge in [0, 0.05) is 56.6 Å². The standard InChI is InChI=1S/C17H19N5.C15H19N3O.C4H9N3.C2H6N2S/c1-11(2)16-15(14-5-3-4-10-22(14)21-16)13-8-9-18-17(20-13)19-12-6-7-12;1-11(2)15-14(13(19)8-10-17(3)4)12-7-5-6-9-18(12)16-15;5-4(6)7-3-1-2-3;1-5-2(3)4/h3-5,8-12H,6-7H2,1-2H3,(H,18,19,20);5-11H,1-4H3;3H,1-2H2,(H4,5,6,7);1H3,(H3,3,4). The fourth-order valence-corrected chi connectivity index (χ4v) is 5.05. The van der Waals surface area contributed by atoms with Crippen molar-refractivity contribution in [1.82, 2.24) is 34.1 Å². The fourth-order valence-electron chi connectivity index (χ4n) is 5.05. The quantitative estimate of drug-likeness (QED) is 0.0523. The van der Waals surface area contributed by atoms with Crippen LogP contribution in [0.4, 0.5) is 5.95 Å². The van der Waals surface area contributed by atoms with Gasteiger partial charge in [-0.3, -0.25) is 15.2 Å². The summed E-state index contributed by atoms with van der Waals surface area (Å²) in [7, 11) is 3.78. The minimum absolute atomic E-state index is 0.00130. The molecular weight excluding hydrogens is 687 g/mol. The van der Waals surface area contributed by atoms with Crippen LogP contribution in [0.2, 0.25) is 0 Å². The van der Waals surface area contributed by atoms with E-state index in [1.54, 1.807) is 23.0 Å². The summed E-state index contributed by atoms with van der Waals surface area (Å²) >= 11 is 1.24. The summed E-state index contributed by atoms with van der Waals surface area (Å²) in [5.74, 6) is 1.49. The van der Waals surface area contributed by atoms with E-state index in [0.29, 0.717) is 29.5 Å². The maximum absolute atomic E-state index is 12.4. The number of aromatic nitrogens is 6. The Morgan fingerprint density at radius 2 is 1.53 bits per heavy atom. The fraction of sp³-hybridized carbons (Fsp3) is 0.395. The Bertz CT molecular complexity index is 2030. The van der Waals surface area contributed by atoms with Crippen LogP contribution in [0.5, 0.6) is 0 Å². The lowest BCUT2D eigenvalue weighted by Crippen LogP contribution is -2.23. The molecule has 5 aromatic rings. The Kier molecular flexibility index (Phi) is 14.4. The number of guanidine groups is 1. The number of allylic oxidation sites excluding steroid dienone is 1. The van der Waals surface area contributed by atoms with Crippen LogP contribution in [0.15, 0.2) is 78.3 Å². The summed E-state index contributed by atoms with van der Waals surface area (Å²) in [5.41, 5.74) is 21.6. The Hall–Kier alpha value is -5.44. The molecule has 8 N–H and O–H groups in total. The highest BCUT2D eigenvalue weighted by molar-refractivity contribution is 8.13. The summed E-state index contributed by atoms with van der Waals surface area (Å²) in [6.07, 6.45) is 15.5. The molecule has 282 valence electrons. The van der Waals surface area contributed by atoms with E-state index in [1.165, 1.54) is 24.6 Å². The number of nitrogens with one attached hydrogen (secondary N) is 2. The van der Waals surface area contributed by atoms with E-state index < -0.39 is 0 Å². The molecule has 0 unspecified atom stereocenters. The van der Waals surface area contributed by atoms with Crippen molar-refractivity contribution >= 4 is 45.7 Å². The number of hydrogen-bond acceptors (Lipinski definition) is 10. The van der Waals surface area contributed by atoms with Gasteiger partial charge in [-0.25, -0.2) is 19.0 Å². The molecular formula is C38H53N13OS. The summed E-state index contributed by atoms with van der Waals surface area (Å²) in [6, 6.07) is 14.9. The van der Waals surface area contributed by atoms with Crippen molar-refractivity contribution in [3.05, 3.63) is 90.3 Å². The maximum Gasteiger partial charge on any atom is 0.223 e. The largest absolute Gasteiger partial charge is 0.383 e. The molecule has 0 bridgehead atoms. The molecule has 5 aromatic heterocycles. The van der Waals surface area contributed by atoms with Crippen molar-refractivity contribution in [3.8, 4) is 11.3 Å². The Morgan fingerprint density at radius 1 is 0.943 bits per heavy atom. The van der Waals surface area contributed by atoms with Crippen LogP contribution in [0.1, 0.15) is 87.0 Å². The Balaban J connectivity index is 0.000000183. The lowest BCUT2D eigenvalue weighted by molar-refractivity contribution is 0.104. The van der Waals surface area contributed by atoms with E-state index in [2.05, 4.69) is 40.3 Å². The monoisotopic (exact) mass is 739 g/mol. The summed E-state index contributed by atoms with van der Waals surface area (Å²) in [5, 5.41) is 19.3. The van der Waals surface area contributed by atoms with Gasteiger partial charge in [-0.15, -0.1) is 0 Å². The van der Waals surface area contributed by atoms with E-state index in [1.807, 2.05) is 92.3 Å². The zero-order valence-electron chi connectivity index (χ0n) is 31.7. The van der Waals surface area contributed by atoms with E-state index in [9.17, 15) is 4.79 Å². The van der Waals surface area contributed by atoms with Crippen molar-refractivity contribution in [2.45, 2.75) is 77.3 Å². The van der Waals surface area contributed by atoms with Crippen molar-refractivity contribution in [1.29, 1.82) is 5.41 Å². The summed E-state index contributed by atoms with van der Waals surface area (Å²) in [4.78, 5) is 27.1. The number of ketones is 1. The Labute approximate surface area is 315 Å². The van der Waals surface area contributed by atoms with Gasteiger partial charge in [0.05, 0.1) is 39.7 Å². The summed E-state index contributed by atoms with van der Waals surface area (Å²) in [6.45, 7) is 8.42. The number of nitrogens with zero attached hydrogens (tertiary/aromatic N) is 8. The van der Waals surface area contributed by atoms with Crippen LogP contribution in [0.3, 0.4) is 0 Å². The first-order chi connectivity index (χ1) is 25.3. The van der Waals surface area contributed by atoms with Crippen molar-refractivity contribution in [2.24, 2.45) is 22.2 Å². The molecule has 0 amide bonds. The molecule has 0 aliphatic heterocycles. The first-order valence-electron chi connectivity index (χ1n) is 17.7. The molecule has 0 spiro atoms. The lowest BCUT2D eigenvalue weighted by atomic mass is 10.0. The van der Waals surface area contributed by atoms with E-state index in [-0.39, 0.29) is 22.8 Å². The van der Waals surface area contributed by atoms with Gasteiger partial charge >= 0.3 is 0 Å². The number of amidine groups is 1. The highest BCUT2D eigenvalue weighted by atomic mass is 32.2. The normalized spacial score (nSPS) is 13.5. The number of nitrogens with two attached hydrogens (primary N) is 3. The maximum atomic E-state index is 12.4. The Morgan fingerprint density at radius 3 is 2.04 bits per heavy atom. The zero-order chi connectivity index (χ0) is 38.7. The third-order valence-electron chi connectivity index (χ3n) is 7.92. The second kappa shape index (κ2) is 18.9. The average Bonchev–Trinajstić information content (AvgIpc) is 4.04. The average molecular weight is 740 g/mol. The van der Waals surface area contributed by atoms with Gasteiger partial charge in [-0.2, -0.15) is 10.2 Å². The van der Waals surface area contributed by atoms with Gasteiger partial charge in [-0.1, -0.05) is 51.6 Å². The number of carbonyl (C=O) groups excluding carboxylic acids is 1. The zero-order valence-corrected chi connectivity index (χ0v) is 32.5. The van der Waals surface area contributed by atoms with Gasteiger partial charge in [0.2, 0.25) is 5.95 Å². The molecule has 2 aliphatic carbocycles. The van der Waals surface area contributed by atoms with Gasteiger partial charge < -0.3 is 27.4 Å². The topological polar surface area (TPSA) is 207 Å². The van der Waals surface area contributed by atoms with Gasteiger partial charge in [0.1, 0.15) is 0 Å². The van der Waals surface area contributed by atoms with Gasteiger partial charge in [0.25, 0.3) is 0 Å². The van der Waals surface area contributed by atoms with Crippen LogP contribution < -0.4 is 22.5 Å². The van der Waals surface area contributed by atoms with Gasteiger partial charge in [-0.05, 0) is 74.1 Å². The number of anilines is 1. The highest BCUT2D eigenvalue weighted by Crippen LogP contribution is 2.32. The molecule has 2 aliphatic rings. The van der Waals surface area contributed by atoms with E-state index in [4.69, 9.17) is 32.7 Å². The van der Waals surface area contributed by atoms with E-state index in [0.717, 1.165) is 46.5 Å². The molecule has 0 saturated heterocycles. The number of carbonyl (C=O) groups is 1. The van der Waals surface area contributed by atoms with Crippen LogP contribution in [-0.2, 0) is 0 Å². The molecule has 7 rings (SSSR count). The van der Waals surface area contributed by atoms with E-state index >= 15 is 0 Å². The third-order valence-corrected chi connectivity index (χ3v) is 8.36. The lowest BCUT2D eigenvalue weighted by Gasteiger charge is -2.07. The second-order valence-corrected chi connectivity index (χ2v) is 14.4. The minimum atomic E-state index is -0.00130. The molecule has 2 fully saturated rings. The third kappa shape index (κ3) is 12.1. The predicted octanol–water partition coefficient (Wildman–Crippen LogP) is 5.87. The number of thioether (sulfide) groups is 1. The molecule has 14 nitrogen and oxygen atoms in total. The first-order valence-corrected chi connectivity index (χ1v) is 18.9. The van der Waals surface area contributed by atoms with Crippen LogP contribution in [0, 0.1) is 5.41 Å².